The van der Waals surface area contributed by atoms with Crippen molar-refractivity contribution < 1.29 is 24.5 Å². The van der Waals surface area contributed by atoms with E-state index in [1.807, 2.05) is 6.08 Å². The number of esters is 1. The van der Waals surface area contributed by atoms with E-state index in [4.69, 9.17) is 4.74 Å². The van der Waals surface area contributed by atoms with E-state index in [2.05, 4.69) is 43.5 Å². The molecule has 2 unspecified atom stereocenters. The van der Waals surface area contributed by atoms with Crippen molar-refractivity contribution in [1.29, 1.82) is 0 Å². The normalized spacial score (nSPS) is 12.6. The fraction of sp³-hybridized carbons (Fsp3) is 0.906. The largest absolute Gasteiger partial charge is 0.466 e. The lowest BCUT2D eigenvalue weighted by atomic mass is 10.0. The highest BCUT2D eigenvalue weighted by atomic mass is 16.5. The molecule has 3 N–H and O–H groups in total. The van der Waals surface area contributed by atoms with Crippen LogP contribution in [-0.2, 0) is 14.3 Å². The van der Waals surface area contributed by atoms with E-state index in [1.54, 1.807) is 6.08 Å². The standard InChI is InChI=1S/C85H163NO5/c1-3-5-7-9-11-13-15-17-19-21-22-23-39-42-46-49-53-57-61-65-69-73-77-83(88)82(81-87)86-84(89)78-74-70-66-62-58-54-50-47-43-40-37-35-33-31-29-27-25-24-26-28-30-32-34-36-38-41-44-48-52-56-60-64-68-72-76-80-91-85(90)79-75-71-67-63-59-55-51-45-20-18-16-14-12-10-8-6-4-2/h18,20,26,28,73,77,82-83,87-88H,3-17,19,21-25,27,29-72,74-76,78-81H2,1-2H3,(H,86,89)/b20-18-,28-26-,77-73+. The van der Waals surface area contributed by atoms with Gasteiger partial charge in [0.15, 0.2) is 0 Å². The Kier molecular flexibility index (Phi) is 78.8. The van der Waals surface area contributed by atoms with Crippen LogP contribution in [0.5, 0.6) is 0 Å². The summed E-state index contributed by atoms with van der Waals surface area (Å²) in [6.07, 6.45) is 106. The van der Waals surface area contributed by atoms with Crippen LogP contribution in [0.4, 0.5) is 0 Å². The zero-order valence-corrected chi connectivity index (χ0v) is 61.9. The third-order valence-corrected chi connectivity index (χ3v) is 19.6. The predicted octanol–water partition coefficient (Wildman–Crippen LogP) is 27.8. The van der Waals surface area contributed by atoms with Crippen molar-refractivity contribution in [2.45, 2.75) is 482 Å². The number of carbonyl (C=O) groups excluding carboxylic acids is 2. The van der Waals surface area contributed by atoms with E-state index < -0.39 is 12.1 Å². The second kappa shape index (κ2) is 80.5. The van der Waals surface area contributed by atoms with E-state index in [-0.39, 0.29) is 18.5 Å². The number of nitrogens with one attached hydrogen (secondary N) is 1. The van der Waals surface area contributed by atoms with E-state index >= 15 is 0 Å². The molecule has 0 aliphatic rings. The molecule has 0 spiro atoms. The summed E-state index contributed by atoms with van der Waals surface area (Å²) in [7, 11) is 0. The van der Waals surface area contributed by atoms with E-state index in [0.717, 1.165) is 44.9 Å². The monoisotopic (exact) mass is 1280 g/mol. The number of allylic oxidation sites excluding steroid dienone is 5. The van der Waals surface area contributed by atoms with Gasteiger partial charge in [-0.05, 0) is 83.5 Å². The van der Waals surface area contributed by atoms with Crippen molar-refractivity contribution in [3.05, 3.63) is 36.5 Å². The van der Waals surface area contributed by atoms with Crippen molar-refractivity contribution in [2.75, 3.05) is 13.2 Å². The predicted molar refractivity (Wildman–Crippen MR) is 403 cm³/mol. The summed E-state index contributed by atoms with van der Waals surface area (Å²) in [5.41, 5.74) is 0. The van der Waals surface area contributed by atoms with Gasteiger partial charge in [0.05, 0.1) is 25.4 Å². The number of aliphatic hydroxyl groups is 2. The molecule has 0 aromatic carbocycles. The molecule has 0 aromatic heterocycles. The van der Waals surface area contributed by atoms with Gasteiger partial charge >= 0.3 is 5.97 Å². The summed E-state index contributed by atoms with van der Waals surface area (Å²) in [6.45, 7) is 4.95. The molecule has 0 saturated heterocycles. The lowest BCUT2D eigenvalue weighted by Gasteiger charge is -2.20. The van der Waals surface area contributed by atoms with Gasteiger partial charge in [-0.25, -0.2) is 0 Å². The van der Waals surface area contributed by atoms with Gasteiger partial charge in [-0.1, -0.05) is 410 Å². The van der Waals surface area contributed by atoms with Gasteiger partial charge < -0.3 is 20.3 Å². The lowest BCUT2D eigenvalue weighted by molar-refractivity contribution is -0.143. The Hall–Kier alpha value is -1.92. The summed E-state index contributed by atoms with van der Waals surface area (Å²) in [4.78, 5) is 24.7. The van der Waals surface area contributed by atoms with Gasteiger partial charge in [0, 0.05) is 12.8 Å². The number of aliphatic hydroxyl groups excluding tert-OH is 2. The molecule has 0 rings (SSSR count). The summed E-state index contributed by atoms with van der Waals surface area (Å²) in [5, 5.41) is 23.3. The number of hydrogen-bond acceptors (Lipinski definition) is 5. The van der Waals surface area contributed by atoms with Crippen LogP contribution >= 0.6 is 0 Å². The molecule has 0 saturated carbocycles. The van der Waals surface area contributed by atoms with Crippen molar-refractivity contribution in [3.63, 3.8) is 0 Å². The van der Waals surface area contributed by atoms with Crippen LogP contribution < -0.4 is 5.32 Å². The molecule has 6 nitrogen and oxygen atoms in total. The van der Waals surface area contributed by atoms with Gasteiger partial charge in [0.1, 0.15) is 0 Å². The van der Waals surface area contributed by atoms with Gasteiger partial charge in [-0.15, -0.1) is 0 Å². The van der Waals surface area contributed by atoms with Crippen LogP contribution in [0.15, 0.2) is 36.5 Å². The topological polar surface area (TPSA) is 95.9 Å². The number of rotatable bonds is 79. The lowest BCUT2D eigenvalue weighted by Crippen LogP contribution is -2.45. The third-order valence-electron chi connectivity index (χ3n) is 19.6. The van der Waals surface area contributed by atoms with E-state index in [0.29, 0.717) is 19.4 Å². The van der Waals surface area contributed by atoms with Crippen LogP contribution in [0.1, 0.15) is 470 Å². The van der Waals surface area contributed by atoms with Crippen LogP contribution in [0.2, 0.25) is 0 Å². The first-order chi connectivity index (χ1) is 45.0. The maximum Gasteiger partial charge on any atom is 0.305 e. The minimum Gasteiger partial charge on any atom is -0.466 e. The minimum atomic E-state index is -0.843. The summed E-state index contributed by atoms with van der Waals surface area (Å²) in [6, 6.07) is -0.627. The summed E-state index contributed by atoms with van der Waals surface area (Å²) in [5.74, 6) is -0.0419. The van der Waals surface area contributed by atoms with Crippen molar-refractivity contribution in [1.82, 2.24) is 5.32 Å². The molecule has 0 aliphatic heterocycles. The Labute approximate surface area is 570 Å². The molecule has 6 heteroatoms. The number of amides is 1. The molecule has 91 heavy (non-hydrogen) atoms. The zero-order chi connectivity index (χ0) is 65.6. The van der Waals surface area contributed by atoms with Crippen LogP contribution in [0, 0.1) is 0 Å². The molecule has 1 amide bonds. The fourth-order valence-electron chi connectivity index (χ4n) is 13.3. The van der Waals surface area contributed by atoms with E-state index in [1.165, 1.54) is 398 Å². The second-order valence-electron chi connectivity index (χ2n) is 28.8. The van der Waals surface area contributed by atoms with Gasteiger partial charge in [0.25, 0.3) is 0 Å². The Bertz CT molecular complexity index is 1470. The summed E-state index contributed by atoms with van der Waals surface area (Å²) >= 11 is 0. The Morgan fingerprint density at radius 3 is 0.780 bits per heavy atom. The first kappa shape index (κ1) is 89.1. The van der Waals surface area contributed by atoms with Gasteiger partial charge in [-0.3, -0.25) is 9.59 Å². The number of carbonyl (C=O) groups is 2. The quantitative estimate of drug-likeness (QED) is 0.0320. The Morgan fingerprint density at radius 2 is 0.516 bits per heavy atom. The van der Waals surface area contributed by atoms with Crippen LogP contribution in [0.25, 0.3) is 0 Å². The number of unbranched alkanes of at least 4 members (excludes halogenated alkanes) is 64. The Morgan fingerprint density at radius 1 is 0.297 bits per heavy atom. The molecule has 2 atom stereocenters. The molecule has 0 heterocycles. The molecular formula is C85H163NO5. The minimum absolute atomic E-state index is 0.0175. The number of ether oxygens (including phenoxy) is 1. The Balaban J connectivity index is 3.36. The highest BCUT2D eigenvalue weighted by Gasteiger charge is 2.18. The van der Waals surface area contributed by atoms with E-state index in [9.17, 15) is 19.8 Å². The van der Waals surface area contributed by atoms with Crippen molar-refractivity contribution in [3.8, 4) is 0 Å². The smallest absolute Gasteiger partial charge is 0.305 e. The fourth-order valence-corrected chi connectivity index (χ4v) is 13.3. The number of hydrogen-bond donors (Lipinski definition) is 3. The molecule has 0 fully saturated rings. The first-order valence-corrected chi connectivity index (χ1v) is 41.8. The average molecular weight is 1280 g/mol. The third kappa shape index (κ3) is 77.0. The summed E-state index contributed by atoms with van der Waals surface area (Å²) < 4.78 is 5.51. The molecule has 0 radical (unpaired) electrons. The van der Waals surface area contributed by atoms with Gasteiger partial charge in [-0.2, -0.15) is 0 Å². The first-order valence-electron chi connectivity index (χ1n) is 41.8. The molecule has 538 valence electrons. The average Bonchev–Trinajstić information content (AvgIpc) is 3.59. The van der Waals surface area contributed by atoms with Gasteiger partial charge in [0.2, 0.25) is 5.91 Å². The zero-order valence-electron chi connectivity index (χ0n) is 61.9. The van der Waals surface area contributed by atoms with Crippen molar-refractivity contribution >= 4 is 11.9 Å². The van der Waals surface area contributed by atoms with Crippen molar-refractivity contribution in [2.24, 2.45) is 0 Å². The maximum atomic E-state index is 12.6. The molecule has 0 aromatic rings. The molecule has 0 aliphatic carbocycles. The SMILES string of the molecule is CCCCCCCC/C=C\CCCCCCCCCC(=O)OCCCCCCCCCCCCCCCC/C=C\CCCCCCCCCCCCCCCCCCCC(=O)NC(CO)C(O)/C=C/CCCCCCCCCCCCCCCCCCCCCC. The second-order valence-corrected chi connectivity index (χ2v) is 28.8. The molecular weight excluding hydrogens is 1110 g/mol. The van der Waals surface area contributed by atoms with Crippen LogP contribution in [-0.4, -0.2) is 47.4 Å². The molecule has 0 bridgehead atoms. The van der Waals surface area contributed by atoms with Crippen LogP contribution in [0.3, 0.4) is 0 Å². The highest BCUT2D eigenvalue weighted by Crippen LogP contribution is 2.20. The highest BCUT2D eigenvalue weighted by molar-refractivity contribution is 5.76. The maximum absolute atomic E-state index is 12.6.